The molecule has 0 saturated heterocycles. The van der Waals surface area contributed by atoms with E-state index in [1.807, 2.05) is 0 Å². The molecule has 0 aliphatic heterocycles. The Bertz CT molecular complexity index is 646. The SMILES string of the molecule is Cl.NCCN(C(=O)c1ccc(Cl)cc1Cl)c1ccc(Cl)cc1. The Morgan fingerprint density at radius 3 is 2.14 bits per heavy atom. The van der Waals surface area contributed by atoms with Gasteiger partial charge in [0.15, 0.2) is 0 Å². The summed E-state index contributed by atoms with van der Waals surface area (Å²) in [4.78, 5) is 14.2. The summed E-state index contributed by atoms with van der Waals surface area (Å²) < 4.78 is 0. The Labute approximate surface area is 150 Å². The lowest BCUT2D eigenvalue weighted by Gasteiger charge is -2.23. The molecule has 0 unspecified atom stereocenters. The van der Waals surface area contributed by atoms with Gasteiger partial charge in [-0.05, 0) is 42.5 Å². The summed E-state index contributed by atoms with van der Waals surface area (Å²) >= 11 is 17.8. The molecule has 0 heterocycles. The van der Waals surface area contributed by atoms with E-state index in [0.29, 0.717) is 39.4 Å². The van der Waals surface area contributed by atoms with Crippen LogP contribution in [0.15, 0.2) is 42.5 Å². The fourth-order valence-electron chi connectivity index (χ4n) is 1.91. The highest BCUT2D eigenvalue weighted by Gasteiger charge is 2.19. The summed E-state index contributed by atoms with van der Waals surface area (Å²) in [6.45, 7) is 0.707. The zero-order chi connectivity index (χ0) is 15.4. The van der Waals surface area contributed by atoms with Crippen LogP contribution in [0.25, 0.3) is 0 Å². The van der Waals surface area contributed by atoms with E-state index >= 15 is 0 Å². The lowest BCUT2D eigenvalue weighted by molar-refractivity contribution is 0.0988. The molecule has 3 nitrogen and oxygen atoms in total. The van der Waals surface area contributed by atoms with Gasteiger partial charge in [-0.15, -0.1) is 12.4 Å². The fourth-order valence-corrected chi connectivity index (χ4v) is 2.52. The molecule has 0 bridgehead atoms. The van der Waals surface area contributed by atoms with Crippen molar-refractivity contribution in [2.24, 2.45) is 5.73 Å². The van der Waals surface area contributed by atoms with Gasteiger partial charge >= 0.3 is 0 Å². The molecule has 2 aromatic carbocycles. The van der Waals surface area contributed by atoms with Crippen molar-refractivity contribution in [1.82, 2.24) is 0 Å². The summed E-state index contributed by atoms with van der Waals surface area (Å²) in [5.41, 5.74) is 6.69. The maximum absolute atomic E-state index is 12.7. The number of halogens is 4. The van der Waals surface area contributed by atoms with E-state index in [9.17, 15) is 4.79 Å². The van der Waals surface area contributed by atoms with Crippen LogP contribution in [0.5, 0.6) is 0 Å². The maximum atomic E-state index is 12.7. The highest BCUT2D eigenvalue weighted by atomic mass is 35.5. The van der Waals surface area contributed by atoms with Crippen LogP contribution in [0.4, 0.5) is 5.69 Å². The zero-order valence-electron chi connectivity index (χ0n) is 11.4. The number of anilines is 1. The standard InChI is InChI=1S/C15H13Cl3N2O.ClH/c16-10-1-4-12(5-2-10)20(8-7-19)15(21)13-6-3-11(17)9-14(13)18;/h1-6,9H,7-8,19H2;1H. The van der Waals surface area contributed by atoms with Gasteiger partial charge in [0.2, 0.25) is 0 Å². The number of amides is 1. The summed E-state index contributed by atoms with van der Waals surface area (Å²) in [6.07, 6.45) is 0. The zero-order valence-corrected chi connectivity index (χ0v) is 14.5. The monoisotopic (exact) mass is 378 g/mol. The normalized spacial score (nSPS) is 10.0. The second kappa shape index (κ2) is 8.61. The quantitative estimate of drug-likeness (QED) is 0.838. The van der Waals surface area contributed by atoms with Crippen LogP contribution in [-0.2, 0) is 0 Å². The summed E-state index contributed by atoms with van der Waals surface area (Å²) in [5.74, 6) is -0.232. The smallest absolute Gasteiger partial charge is 0.259 e. The number of nitrogens with two attached hydrogens (primary N) is 1. The van der Waals surface area contributed by atoms with Gasteiger partial charge in [0.1, 0.15) is 0 Å². The number of carbonyl (C=O) groups excluding carboxylic acids is 1. The molecule has 0 aromatic heterocycles. The molecule has 2 aromatic rings. The maximum Gasteiger partial charge on any atom is 0.259 e. The molecule has 22 heavy (non-hydrogen) atoms. The minimum atomic E-state index is -0.232. The van der Waals surface area contributed by atoms with E-state index in [-0.39, 0.29) is 18.3 Å². The van der Waals surface area contributed by atoms with Crippen LogP contribution in [-0.4, -0.2) is 19.0 Å². The van der Waals surface area contributed by atoms with Crippen molar-refractivity contribution in [2.45, 2.75) is 0 Å². The first-order valence-electron chi connectivity index (χ1n) is 6.25. The lowest BCUT2D eigenvalue weighted by Crippen LogP contribution is -2.35. The van der Waals surface area contributed by atoms with Crippen LogP contribution in [0.3, 0.4) is 0 Å². The van der Waals surface area contributed by atoms with Crippen LogP contribution >= 0.6 is 47.2 Å². The number of nitrogens with zero attached hydrogens (tertiary/aromatic N) is 1. The van der Waals surface area contributed by atoms with E-state index < -0.39 is 0 Å². The topological polar surface area (TPSA) is 46.3 Å². The predicted molar refractivity (Wildman–Crippen MR) is 95.9 cm³/mol. The van der Waals surface area contributed by atoms with E-state index in [2.05, 4.69) is 0 Å². The average molecular weight is 380 g/mol. The molecule has 118 valence electrons. The Kier molecular flexibility index (Phi) is 7.46. The van der Waals surface area contributed by atoms with Crippen molar-refractivity contribution >= 4 is 58.8 Å². The Hall–Kier alpha value is -0.970. The van der Waals surface area contributed by atoms with E-state index in [1.165, 1.54) is 0 Å². The number of rotatable bonds is 4. The lowest BCUT2D eigenvalue weighted by atomic mass is 10.1. The number of hydrogen-bond donors (Lipinski definition) is 1. The minimum Gasteiger partial charge on any atom is -0.329 e. The summed E-state index contributed by atoms with van der Waals surface area (Å²) in [7, 11) is 0. The molecule has 2 rings (SSSR count). The van der Waals surface area contributed by atoms with Crippen molar-refractivity contribution in [2.75, 3.05) is 18.0 Å². The van der Waals surface area contributed by atoms with Crippen LogP contribution in [0.2, 0.25) is 15.1 Å². The molecule has 1 amide bonds. The van der Waals surface area contributed by atoms with Crippen molar-refractivity contribution < 1.29 is 4.79 Å². The molecule has 0 spiro atoms. The third kappa shape index (κ3) is 4.51. The highest BCUT2D eigenvalue weighted by molar-refractivity contribution is 6.37. The third-order valence-corrected chi connectivity index (χ3v) is 3.70. The summed E-state index contributed by atoms with van der Waals surface area (Å²) in [6, 6.07) is 11.7. The molecule has 0 atom stereocenters. The molecule has 2 N–H and O–H groups in total. The molecular formula is C15H14Cl4N2O. The van der Waals surface area contributed by atoms with Gasteiger partial charge in [-0.2, -0.15) is 0 Å². The first-order chi connectivity index (χ1) is 10.0. The minimum absolute atomic E-state index is 0. The predicted octanol–water partition coefficient (Wildman–Crippen LogP) is 4.67. The molecule has 0 saturated carbocycles. The van der Waals surface area contributed by atoms with Crippen LogP contribution in [0.1, 0.15) is 10.4 Å². The molecule has 0 fully saturated rings. The first kappa shape index (κ1) is 19.1. The molecule has 7 heteroatoms. The molecular weight excluding hydrogens is 366 g/mol. The van der Waals surface area contributed by atoms with E-state index in [1.54, 1.807) is 47.4 Å². The van der Waals surface area contributed by atoms with Gasteiger partial charge in [-0.1, -0.05) is 34.8 Å². The molecule has 0 radical (unpaired) electrons. The third-order valence-electron chi connectivity index (χ3n) is 2.90. The van der Waals surface area contributed by atoms with Gasteiger partial charge in [0, 0.05) is 28.8 Å². The van der Waals surface area contributed by atoms with Gasteiger partial charge in [-0.25, -0.2) is 0 Å². The van der Waals surface area contributed by atoms with Crippen molar-refractivity contribution in [1.29, 1.82) is 0 Å². The largest absolute Gasteiger partial charge is 0.329 e. The number of carbonyl (C=O) groups is 1. The van der Waals surface area contributed by atoms with Gasteiger partial charge in [-0.3, -0.25) is 4.79 Å². The van der Waals surface area contributed by atoms with Gasteiger partial charge in [0.25, 0.3) is 5.91 Å². The Morgan fingerprint density at radius 1 is 1.00 bits per heavy atom. The van der Waals surface area contributed by atoms with Crippen LogP contribution < -0.4 is 10.6 Å². The number of hydrogen-bond acceptors (Lipinski definition) is 2. The van der Waals surface area contributed by atoms with Crippen molar-refractivity contribution in [3.8, 4) is 0 Å². The Morgan fingerprint density at radius 2 is 1.59 bits per heavy atom. The number of benzene rings is 2. The Balaban J connectivity index is 0.00000242. The van der Waals surface area contributed by atoms with Gasteiger partial charge < -0.3 is 10.6 Å². The first-order valence-corrected chi connectivity index (χ1v) is 7.39. The second-order valence-electron chi connectivity index (χ2n) is 4.35. The van der Waals surface area contributed by atoms with Crippen molar-refractivity contribution in [3.63, 3.8) is 0 Å². The van der Waals surface area contributed by atoms with Crippen LogP contribution in [0, 0.1) is 0 Å². The van der Waals surface area contributed by atoms with Crippen molar-refractivity contribution in [3.05, 3.63) is 63.1 Å². The average Bonchev–Trinajstić information content (AvgIpc) is 2.45. The molecule has 0 aliphatic rings. The van der Waals surface area contributed by atoms with Gasteiger partial charge in [0.05, 0.1) is 10.6 Å². The highest BCUT2D eigenvalue weighted by Crippen LogP contribution is 2.25. The van der Waals surface area contributed by atoms with E-state index in [4.69, 9.17) is 40.5 Å². The van der Waals surface area contributed by atoms with E-state index in [0.717, 1.165) is 0 Å². The molecule has 0 aliphatic carbocycles. The summed E-state index contributed by atoms with van der Waals surface area (Å²) in [5, 5.41) is 1.39. The second-order valence-corrected chi connectivity index (χ2v) is 5.63. The fraction of sp³-hybridized carbons (Fsp3) is 0.133.